The molecule has 0 bridgehead atoms. The topological polar surface area (TPSA) is 46.0 Å². The number of hydrogen-bond donors (Lipinski definition) is 1. The molecule has 0 amide bonds. The third-order valence-corrected chi connectivity index (χ3v) is 5.25. The molecule has 138 valence electrons. The Bertz CT molecular complexity index is 933. The van der Waals surface area contributed by atoms with E-state index in [2.05, 4.69) is 75.1 Å². The summed E-state index contributed by atoms with van der Waals surface area (Å²) in [7, 11) is 0. The fraction of sp³-hybridized carbons (Fsp3) is 0.286. The first-order chi connectivity index (χ1) is 13.1. The second-order valence-electron chi connectivity index (χ2n) is 7.12. The molecule has 1 N–H and O–H groups in total. The number of nitrogens with one attached hydrogen (secondary N) is 1. The Balaban J connectivity index is 1.82. The minimum Gasteiger partial charge on any atom is -0.352 e. The molecule has 0 unspecified atom stereocenters. The van der Waals surface area contributed by atoms with E-state index in [-0.39, 0.29) is 18.1 Å². The van der Waals surface area contributed by atoms with Crippen molar-refractivity contribution in [3.05, 3.63) is 78.0 Å². The van der Waals surface area contributed by atoms with Crippen LogP contribution in [0.4, 0.5) is 0 Å². The van der Waals surface area contributed by atoms with Gasteiger partial charge in [-0.15, -0.1) is 0 Å². The number of nitrogens with zero attached hydrogens (tertiary/aromatic N) is 4. The SMILES string of the molecule is Cc1ccc(-n2cccc2[C@@H]2[C@H](c3ccccn3)NC(=S)N2C(C)C)nc1. The number of aromatic nitrogens is 3. The zero-order valence-electron chi connectivity index (χ0n) is 15.7. The molecule has 1 fully saturated rings. The third kappa shape index (κ3) is 3.21. The molecule has 1 saturated heterocycles. The van der Waals surface area contributed by atoms with Crippen LogP contribution in [0, 0.1) is 6.92 Å². The fourth-order valence-corrected chi connectivity index (χ4v) is 4.14. The molecule has 2 atom stereocenters. The first-order valence-electron chi connectivity index (χ1n) is 9.16. The molecule has 0 aromatic carbocycles. The number of pyridine rings is 2. The summed E-state index contributed by atoms with van der Waals surface area (Å²) in [5.74, 6) is 0.905. The van der Waals surface area contributed by atoms with Gasteiger partial charge in [-0.1, -0.05) is 12.1 Å². The Hall–Kier alpha value is -2.73. The van der Waals surface area contributed by atoms with E-state index in [0.717, 1.165) is 27.9 Å². The van der Waals surface area contributed by atoms with Crippen molar-refractivity contribution in [1.82, 2.24) is 24.8 Å². The van der Waals surface area contributed by atoms with Crippen molar-refractivity contribution >= 4 is 17.3 Å². The average molecular weight is 378 g/mol. The summed E-state index contributed by atoms with van der Waals surface area (Å²) < 4.78 is 2.14. The molecule has 3 aromatic rings. The van der Waals surface area contributed by atoms with Gasteiger partial charge in [0.15, 0.2) is 5.11 Å². The molecule has 27 heavy (non-hydrogen) atoms. The van der Waals surface area contributed by atoms with E-state index in [1.165, 1.54) is 0 Å². The minimum atomic E-state index is -0.0137. The highest BCUT2D eigenvalue weighted by atomic mass is 32.1. The maximum absolute atomic E-state index is 5.68. The van der Waals surface area contributed by atoms with E-state index < -0.39 is 0 Å². The lowest BCUT2D eigenvalue weighted by Gasteiger charge is -2.31. The van der Waals surface area contributed by atoms with E-state index in [4.69, 9.17) is 12.2 Å². The summed E-state index contributed by atoms with van der Waals surface area (Å²) in [4.78, 5) is 11.5. The fourth-order valence-electron chi connectivity index (χ4n) is 3.68. The lowest BCUT2D eigenvalue weighted by atomic mass is 10.0. The van der Waals surface area contributed by atoms with Crippen molar-refractivity contribution in [3.63, 3.8) is 0 Å². The van der Waals surface area contributed by atoms with Gasteiger partial charge in [0.05, 0.1) is 17.8 Å². The van der Waals surface area contributed by atoms with Crippen LogP contribution in [0.3, 0.4) is 0 Å². The van der Waals surface area contributed by atoms with Crippen LogP contribution in [0.1, 0.15) is 42.9 Å². The Morgan fingerprint density at radius 1 is 1.07 bits per heavy atom. The summed E-state index contributed by atoms with van der Waals surface area (Å²) >= 11 is 5.68. The van der Waals surface area contributed by atoms with Gasteiger partial charge >= 0.3 is 0 Å². The molecule has 0 aliphatic carbocycles. The molecule has 1 aliphatic rings. The monoisotopic (exact) mass is 377 g/mol. The van der Waals surface area contributed by atoms with Crippen LogP contribution in [0.25, 0.3) is 5.82 Å². The molecule has 0 spiro atoms. The van der Waals surface area contributed by atoms with Crippen LogP contribution in [0.5, 0.6) is 0 Å². The van der Waals surface area contributed by atoms with Gasteiger partial charge in [-0.25, -0.2) is 4.98 Å². The number of aryl methyl sites for hydroxylation is 1. The van der Waals surface area contributed by atoms with Crippen molar-refractivity contribution in [3.8, 4) is 5.82 Å². The molecule has 5 nitrogen and oxygen atoms in total. The van der Waals surface area contributed by atoms with Crippen molar-refractivity contribution in [2.45, 2.75) is 38.9 Å². The van der Waals surface area contributed by atoms with Gasteiger partial charge in [0.25, 0.3) is 0 Å². The van der Waals surface area contributed by atoms with Crippen molar-refractivity contribution in [2.75, 3.05) is 0 Å². The van der Waals surface area contributed by atoms with Gasteiger partial charge in [0, 0.05) is 30.3 Å². The Kier molecular flexibility index (Phi) is 4.66. The quantitative estimate of drug-likeness (QED) is 0.698. The lowest BCUT2D eigenvalue weighted by Crippen LogP contribution is -2.36. The first-order valence-corrected chi connectivity index (χ1v) is 9.57. The van der Waals surface area contributed by atoms with Crippen molar-refractivity contribution in [1.29, 1.82) is 0 Å². The summed E-state index contributed by atoms with van der Waals surface area (Å²) in [6.45, 7) is 6.38. The van der Waals surface area contributed by atoms with E-state index in [9.17, 15) is 0 Å². The average Bonchev–Trinajstić information content (AvgIpc) is 3.27. The molecular formula is C21H23N5S. The van der Waals surface area contributed by atoms with Crippen LogP contribution < -0.4 is 5.32 Å². The smallest absolute Gasteiger partial charge is 0.170 e. The predicted octanol–water partition coefficient (Wildman–Crippen LogP) is 3.96. The molecule has 1 aliphatic heterocycles. The van der Waals surface area contributed by atoms with Gasteiger partial charge in [-0.3, -0.25) is 4.98 Å². The van der Waals surface area contributed by atoms with Crippen LogP contribution in [-0.4, -0.2) is 30.6 Å². The largest absolute Gasteiger partial charge is 0.352 e. The Morgan fingerprint density at radius 3 is 2.59 bits per heavy atom. The van der Waals surface area contributed by atoms with E-state index >= 15 is 0 Å². The maximum Gasteiger partial charge on any atom is 0.170 e. The van der Waals surface area contributed by atoms with Crippen LogP contribution >= 0.6 is 12.2 Å². The highest BCUT2D eigenvalue weighted by molar-refractivity contribution is 7.80. The Morgan fingerprint density at radius 2 is 1.93 bits per heavy atom. The van der Waals surface area contributed by atoms with E-state index in [1.807, 2.05) is 31.5 Å². The number of thiocarbonyl (C=S) groups is 1. The first kappa shape index (κ1) is 17.7. The standard InChI is InChI=1S/C21H23N5S/c1-14(2)26-20(19(24-21(26)27)16-7-4-5-11-22-16)17-8-6-12-25(17)18-10-9-15(3)13-23-18/h4-14,19-20H,1-3H3,(H,24,27)/t19-,20+/m0/s1. The van der Waals surface area contributed by atoms with Gasteiger partial charge in [0.2, 0.25) is 0 Å². The molecule has 0 saturated carbocycles. The van der Waals surface area contributed by atoms with Crippen molar-refractivity contribution < 1.29 is 0 Å². The van der Waals surface area contributed by atoms with Crippen LogP contribution in [0.15, 0.2) is 61.1 Å². The van der Waals surface area contributed by atoms with Gasteiger partial charge in [-0.05, 0) is 68.9 Å². The molecule has 3 aromatic heterocycles. The van der Waals surface area contributed by atoms with Crippen molar-refractivity contribution in [2.24, 2.45) is 0 Å². The zero-order valence-corrected chi connectivity index (χ0v) is 16.5. The van der Waals surface area contributed by atoms with E-state index in [0.29, 0.717) is 0 Å². The second-order valence-corrected chi connectivity index (χ2v) is 7.51. The summed E-state index contributed by atoms with van der Waals surface area (Å²) in [5, 5.41) is 4.25. The normalized spacial score (nSPS) is 19.6. The van der Waals surface area contributed by atoms with Gasteiger partial charge < -0.3 is 14.8 Å². The highest BCUT2D eigenvalue weighted by Crippen LogP contribution is 2.40. The highest BCUT2D eigenvalue weighted by Gasteiger charge is 2.42. The van der Waals surface area contributed by atoms with Gasteiger partial charge in [-0.2, -0.15) is 0 Å². The van der Waals surface area contributed by atoms with Gasteiger partial charge in [0.1, 0.15) is 5.82 Å². The lowest BCUT2D eigenvalue weighted by molar-refractivity contribution is 0.262. The van der Waals surface area contributed by atoms with Crippen LogP contribution in [0.2, 0.25) is 0 Å². The zero-order chi connectivity index (χ0) is 19.0. The minimum absolute atomic E-state index is 0.0137. The maximum atomic E-state index is 5.68. The predicted molar refractivity (Wildman–Crippen MR) is 111 cm³/mol. The summed E-state index contributed by atoms with van der Waals surface area (Å²) in [5.41, 5.74) is 3.27. The third-order valence-electron chi connectivity index (χ3n) is 4.92. The molecule has 4 heterocycles. The number of rotatable bonds is 4. The second kappa shape index (κ2) is 7.12. The van der Waals surface area contributed by atoms with Crippen LogP contribution in [-0.2, 0) is 0 Å². The molecule has 4 rings (SSSR count). The molecule has 0 radical (unpaired) electrons. The molecule has 6 heteroatoms. The van der Waals surface area contributed by atoms with E-state index in [1.54, 1.807) is 0 Å². The summed E-state index contributed by atoms with van der Waals surface area (Å²) in [6.07, 6.45) is 5.78. The summed E-state index contributed by atoms with van der Waals surface area (Å²) in [6, 6.07) is 14.6. The number of hydrogen-bond acceptors (Lipinski definition) is 3. The Labute approximate surface area is 165 Å². The molecular weight excluding hydrogens is 354 g/mol.